The number of hydrogen-bond donors (Lipinski definition) is 1. The second kappa shape index (κ2) is 4.07. The summed E-state index contributed by atoms with van der Waals surface area (Å²) in [6, 6.07) is 7.14. The van der Waals surface area contributed by atoms with Gasteiger partial charge in [0.05, 0.1) is 0 Å². The molecule has 7 atom stereocenters. The van der Waals surface area contributed by atoms with Crippen molar-refractivity contribution in [1.82, 2.24) is 5.32 Å². The fourth-order valence-electron chi connectivity index (χ4n) is 7.98. The smallest absolute Gasteiger partial charge is 0.133 e. The molecule has 3 saturated carbocycles. The Morgan fingerprint density at radius 2 is 2.25 bits per heavy atom. The Bertz CT molecular complexity index is 773. The summed E-state index contributed by atoms with van der Waals surface area (Å²) in [6.07, 6.45) is 4.71. The second-order valence-corrected chi connectivity index (χ2v) is 9.02. The van der Waals surface area contributed by atoms with Crippen molar-refractivity contribution in [2.24, 2.45) is 23.2 Å². The third-order valence-electron chi connectivity index (χ3n) is 8.58. The Morgan fingerprint density at radius 1 is 1.38 bits per heavy atom. The van der Waals surface area contributed by atoms with E-state index in [0.29, 0.717) is 23.7 Å². The molecule has 3 unspecified atom stereocenters. The number of hydrogen-bond acceptors (Lipinski definition) is 3. The lowest BCUT2D eigenvalue weighted by molar-refractivity contribution is -0.200. The van der Waals surface area contributed by atoms with Crippen LogP contribution in [0.4, 0.5) is 0 Å². The van der Waals surface area contributed by atoms with Crippen LogP contribution in [-0.4, -0.2) is 24.5 Å². The van der Waals surface area contributed by atoms with Gasteiger partial charge in [-0.2, -0.15) is 0 Å². The van der Waals surface area contributed by atoms with E-state index in [1.54, 1.807) is 6.92 Å². The molecule has 0 aromatic heterocycles. The van der Waals surface area contributed by atoms with Crippen LogP contribution in [0.15, 0.2) is 18.2 Å². The summed E-state index contributed by atoms with van der Waals surface area (Å²) < 4.78 is 6.66. The van der Waals surface area contributed by atoms with Crippen LogP contribution in [0.2, 0.25) is 0 Å². The van der Waals surface area contributed by atoms with Gasteiger partial charge in [0.15, 0.2) is 0 Å². The molecular formula is C21H25NO2. The number of piperidine rings is 1. The van der Waals surface area contributed by atoms with Gasteiger partial charge in [0.2, 0.25) is 0 Å². The first kappa shape index (κ1) is 13.9. The normalized spacial score (nSPS) is 49.5. The van der Waals surface area contributed by atoms with Gasteiger partial charge in [-0.25, -0.2) is 0 Å². The molecule has 1 aromatic rings. The van der Waals surface area contributed by atoms with E-state index in [1.165, 1.54) is 17.5 Å². The van der Waals surface area contributed by atoms with E-state index in [0.717, 1.165) is 31.6 Å². The number of Topliss-reactive ketones (excluding diaryl/α,β-unsaturated/α-hetero) is 1. The van der Waals surface area contributed by atoms with E-state index in [2.05, 4.69) is 30.4 Å². The molecule has 0 radical (unpaired) electrons. The molecule has 6 aliphatic rings. The fraction of sp³-hybridized carbons (Fsp3) is 0.667. The Labute approximate surface area is 143 Å². The number of ether oxygens (including phenoxy) is 1. The maximum atomic E-state index is 12.5. The highest BCUT2D eigenvalue weighted by Gasteiger charge is 2.77. The molecule has 2 heterocycles. The molecule has 3 nitrogen and oxygen atoms in total. The zero-order valence-electron chi connectivity index (χ0n) is 14.5. The van der Waals surface area contributed by atoms with E-state index >= 15 is 0 Å². The monoisotopic (exact) mass is 323 g/mol. The molecule has 1 N–H and O–H groups in total. The predicted molar refractivity (Wildman–Crippen MR) is 91.1 cm³/mol. The van der Waals surface area contributed by atoms with Crippen LogP contribution in [0.25, 0.3) is 0 Å². The topological polar surface area (TPSA) is 38.3 Å². The standard InChI is InChI=1S/C21H25NO2/c1-11-8-14-15(12(2)23)10-21(11)17-9-13-4-3-5-16-18(13)20(21,6-7-22-17)19(14)24-16/h3-5,11,14-15,17,19,22H,6-10H2,1-2H3/t11-,14?,15?,17-,19+,20+,21?/m1/s1. The molecule has 2 spiro atoms. The molecule has 24 heavy (non-hydrogen) atoms. The van der Waals surface area contributed by atoms with Gasteiger partial charge in [-0.05, 0) is 56.7 Å². The van der Waals surface area contributed by atoms with Crippen molar-refractivity contribution < 1.29 is 9.53 Å². The first-order valence-electron chi connectivity index (χ1n) is 9.62. The summed E-state index contributed by atoms with van der Waals surface area (Å²) in [5, 5.41) is 3.87. The Balaban J connectivity index is 1.69. The number of ketones is 1. The van der Waals surface area contributed by atoms with Crippen LogP contribution in [0.5, 0.6) is 5.75 Å². The molecule has 1 aromatic carbocycles. The number of nitrogens with one attached hydrogen (secondary N) is 1. The van der Waals surface area contributed by atoms with Crippen molar-refractivity contribution in [1.29, 1.82) is 0 Å². The number of benzene rings is 1. The third-order valence-corrected chi connectivity index (χ3v) is 8.58. The number of rotatable bonds is 1. The van der Waals surface area contributed by atoms with Crippen molar-refractivity contribution in [3.8, 4) is 5.75 Å². The second-order valence-electron chi connectivity index (χ2n) is 9.02. The number of carbonyl (C=O) groups excluding carboxylic acids is 1. The first-order chi connectivity index (χ1) is 11.6. The average Bonchev–Trinajstić information content (AvgIpc) is 2.89. The number of carbonyl (C=O) groups is 1. The zero-order valence-corrected chi connectivity index (χ0v) is 14.5. The minimum atomic E-state index is 0.154. The van der Waals surface area contributed by atoms with Crippen LogP contribution in [0.1, 0.15) is 44.2 Å². The molecule has 3 heteroatoms. The molecule has 4 aliphatic carbocycles. The van der Waals surface area contributed by atoms with Gasteiger partial charge in [0.25, 0.3) is 0 Å². The maximum Gasteiger partial charge on any atom is 0.133 e. The summed E-state index contributed by atoms with van der Waals surface area (Å²) in [6.45, 7) is 5.34. The van der Waals surface area contributed by atoms with Crippen molar-refractivity contribution in [3.05, 3.63) is 29.3 Å². The van der Waals surface area contributed by atoms with Gasteiger partial charge in [-0.15, -0.1) is 0 Å². The highest BCUT2D eigenvalue weighted by atomic mass is 16.5. The summed E-state index contributed by atoms with van der Waals surface area (Å²) in [4.78, 5) is 12.5. The van der Waals surface area contributed by atoms with Crippen LogP contribution in [0, 0.1) is 23.2 Å². The van der Waals surface area contributed by atoms with Crippen LogP contribution in [-0.2, 0) is 16.6 Å². The van der Waals surface area contributed by atoms with Crippen LogP contribution < -0.4 is 10.1 Å². The molecule has 4 bridgehead atoms. The molecule has 1 saturated heterocycles. The minimum absolute atomic E-state index is 0.154. The SMILES string of the molecule is CC(=O)C1CC23[C@H](C)CC1[C@@H]1Oc4cccc5c4[C@@]12CCN[C@@H]3C5. The van der Waals surface area contributed by atoms with Crippen molar-refractivity contribution in [2.45, 2.75) is 57.1 Å². The van der Waals surface area contributed by atoms with E-state index in [4.69, 9.17) is 4.74 Å². The number of fused-ring (bicyclic) bond motifs is 2. The molecular weight excluding hydrogens is 298 g/mol. The predicted octanol–water partition coefficient (Wildman–Crippen LogP) is 2.85. The largest absolute Gasteiger partial charge is 0.489 e. The van der Waals surface area contributed by atoms with E-state index < -0.39 is 0 Å². The van der Waals surface area contributed by atoms with Gasteiger partial charge < -0.3 is 10.1 Å². The van der Waals surface area contributed by atoms with Crippen LogP contribution >= 0.6 is 0 Å². The van der Waals surface area contributed by atoms with E-state index in [1.807, 2.05) is 0 Å². The average molecular weight is 323 g/mol. The molecule has 4 fully saturated rings. The minimum Gasteiger partial charge on any atom is -0.489 e. The van der Waals surface area contributed by atoms with Crippen molar-refractivity contribution in [2.75, 3.05) is 6.54 Å². The van der Waals surface area contributed by atoms with Crippen molar-refractivity contribution >= 4 is 5.78 Å². The summed E-state index contributed by atoms with van der Waals surface area (Å²) >= 11 is 0. The summed E-state index contributed by atoms with van der Waals surface area (Å²) in [5.74, 6) is 2.76. The van der Waals surface area contributed by atoms with E-state index in [9.17, 15) is 4.79 Å². The lowest BCUT2D eigenvalue weighted by Crippen LogP contribution is -2.78. The molecule has 0 amide bonds. The van der Waals surface area contributed by atoms with Gasteiger partial charge >= 0.3 is 0 Å². The zero-order chi connectivity index (χ0) is 16.3. The Hall–Kier alpha value is -1.35. The van der Waals surface area contributed by atoms with Crippen molar-refractivity contribution in [3.63, 3.8) is 0 Å². The Kier molecular flexibility index (Phi) is 2.35. The van der Waals surface area contributed by atoms with Gasteiger partial charge in [-0.3, -0.25) is 4.79 Å². The van der Waals surface area contributed by atoms with Crippen LogP contribution in [0.3, 0.4) is 0 Å². The lowest BCUT2D eigenvalue weighted by atomic mass is 9.33. The quantitative estimate of drug-likeness (QED) is 0.864. The van der Waals surface area contributed by atoms with Gasteiger partial charge in [0, 0.05) is 34.3 Å². The first-order valence-corrected chi connectivity index (χ1v) is 9.62. The maximum absolute atomic E-state index is 12.5. The van der Waals surface area contributed by atoms with Gasteiger partial charge in [0.1, 0.15) is 17.6 Å². The fourth-order valence-corrected chi connectivity index (χ4v) is 7.98. The summed E-state index contributed by atoms with van der Waals surface area (Å²) in [7, 11) is 0. The van der Waals surface area contributed by atoms with E-state index in [-0.39, 0.29) is 22.9 Å². The Morgan fingerprint density at radius 3 is 3.08 bits per heavy atom. The lowest BCUT2D eigenvalue weighted by Gasteiger charge is -2.71. The molecule has 126 valence electrons. The highest BCUT2D eigenvalue weighted by molar-refractivity contribution is 5.80. The third kappa shape index (κ3) is 1.20. The highest BCUT2D eigenvalue weighted by Crippen LogP contribution is 2.74. The van der Waals surface area contributed by atoms with Gasteiger partial charge in [-0.1, -0.05) is 19.1 Å². The molecule has 7 rings (SSSR count). The molecule has 2 aliphatic heterocycles. The summed E-state index contributed by atoms with van der Waals surface area (Å²) in [5.41, 5.74) is 3.38.